The van der Waals surface area contributed by atoms with Gasteiger partial charge in [-0.1, -0.05) is 17.0 Å². The minimum Gasteiger partial charge on any atom is -0.497 e. The number of pyridine rings is 1. The standard InChI is InChI=1S/C29H19F2N7O5/c1-41-18-9-10-23(20(30)14-18)37-12-4-5-19(29(37)40)28(39)34-17-8-11-25(21(31)13-17)42-26-15-27(33-16-32-26)43-38-24-7-3-2-6-22(24)35-36-38/h2-16H,1H3,(H,34,39). The summed E-state index contributed by atoms with van der Waals surface area (Å²) in [4.78, 5) is 40.7. The maximum absolute atomic E-state index is 14.9. The lowest BCUT2D eigenvalue weighted by atomic mass is 10.2. The number of hydrogen-bond donors (Lipinski definition) is 1. The molecule has 1 N–H and O–H groups in total. The van der Waals surface area contributed by atoms with Crippen molar-refractivity contribution in [3.63, 3.8) is 0 Å². The Bertz CT molecular complexity index is 2050. The zero-order valence-corrected chi connectivity index (χ0v) is 22.1. The molecule has 0 bridgehead atoms. The lowest BCUT2D eigenvalue weighted by molar-refractivity contribution is 0.102. The molecule has 3 aromatic carbocycles. The normalized spacial score (nSPS) is 10.9. The monoisotopic (exact) mass is 583 g/mol. The van der Waals surface area contributed by atoms with Gasteiger partial charge in [0.2, 0.25) is 5.88 Å². The molecule has 3 heterocycles. The van der Waals surface area contributed by atoms with Crippen LogP contribution in [0.1, 0.15) is 10.4 Å². The van der Waals surface area contributed by atoms with Gasteiger partial charge in [-0.05, 0) is 53.7 Å². The summed E-state index contributed by atoms with van der Waals surface area (Å²) < 4.78 is 41.0. The van der Waals surface area contributed by atoms with Crippen molar-refractivity contribution in [1.82, 2.24) is 29.7 Å². The summed E-state index contributed by atoms with van der Waals surface area (Å²) >= 11 is 0. The number of carbonyl (C=O) groups is 1. The molecule has 0 fully saturated rings. The van der Waals surface area contributed by atoms with Gasteiger partial charge in [0.1, 0.15) is 28.7 Å². The number of rotatable bonds is 8. The number of ether oxygens (including phenoxy) is 2. The predicted octanol–water partition coefficient (Wildman–Crippen LogP) is 4.55. The van der Waals surface area contributed by atoms with Gasteiger partial charge in [0, 0.05) is 24.0 Å². The first-order valence-corrected chi connectivity index (χ1v) is 12.5. The minimum absolute atomic E-state index is 0.0271. The van der Waals surface area contributed by atoms with E-state index in [1.165, 1.54) is 66.9 Å². The van der Waals surface area contributed by atoms with Crippen LogP contribution in [0, 0.1) is 11.6 Å². The molecule has 0 aliphatic rings. The van der Waals surface area contributed by atoms with Crippen LogP contribution in [0.5, 0.6) is 23.3 Å². The smallest absolute Gasteiger partial charge is 0.268 e. The van der Waals surface area contributed by atoms with Crippen molar-refractivity contribution in [2.45, 2.75) is 0 Å². The molecule has 12 nitrogen and oxygen atoms in total. The number of anilines is 1. The van der Waals surface area contributed by atoms with Crippen molar-refractivity contribution in [2.75, 3.05) is 12.4 Å². The Kier molecular flexibility index (Phi) is 7.14. The average molecular weight is 584 g/mol. The van der Waals surface area contributed by atoms with Crippen molar-refractivity contribution >= 4 is 22.6 Å². The van der Waals surface area contributed by atoms with Crippen LogP contribution in [0.2, 0.25) is 0 Å². The SMILES string of the molecule is COc1ccc(-n2cccc(C(=O)Nc3ccc(Oc4cc(On5nnc6ccccc65)ncn4)c(F)c3)c2=O)c(F)c1. The number of benzene rings is 3. The van der Waals surface area contributed by atoms with Crippen LogP contribution < -0.4 is 25.2 Å². The van der Waals surface area contributed by atoms with Gasteiger partial charge in [0.15, 0.2) is 17.4 Å². The Labute approximate surface area is 240 Å². The highest BCUT2D eigenvalue weighted by Gasteiger charge is 2.17. The number of amides is 1. The molecule has 0 saturated heterocycles. The summed E-state index contributed by atoms with van der Waals surface area (Å²) in [6, 6.07) is 18.8. The molecule has 0 aliphatic heterocycles. The molecule has 0 unspecified atom stereocenters. The second-order valence-corrected chi connectivity index (χ2v) is 8.85. The van der Waals surface area contributed by atoms with Crippen LogP contribution in [0.25, 0.3) is 16.7 Å². The van der Waals surface area contributed by atoms with Crippen molar-refractivity contribution in [3.05, 3.63) is 119 Å². The molecule has 1 amide bonds. The van der Waals surface area contributed by atoms with E-state index in [-0.39, 0.29) is 40.2 Å². The Morgan fingerprint density at radius 2 is 1.74 bits per heavy atom. The number of fused-ring (bicyclic) bond motifs is 1. The quantitative estimate of drug-likeness (QED) is 0.274. The number of hydrogen-bond acceptors (Lipinski definition) is 9. The zero-order chi connectivity index (χ0) is 29.9. The van der Waals surface area contributed by atoms with Crippen LogP contribution in [-0.4, -0.2) is 42.7 Å². The molecule has 6 aromatic rings. The van der Waals surface area contributed by atoms with Gasteiger partial charge in [-0.2, -0.15) is 4.98 Å². The highest BCUT2D eigenvalue weighted by atomic mass is 19.1. The molecular weight excluding hydrogens is 564 g/mol. The molecule has 14 heteroatoms. The summed E-state index contributed by atoms with van der Waals surface area (Å²) in [5.74, 6) is -2.26. The van der Waals surface area contributed by atoms with Gasteiger partial charge in [-0.3, -0.25) is 14.2 Å². The third-order valence-electron chi connectivity index (χ3n) is 6.13. The molecule has 43 heavy (non-hydrogen) atoms. The lowest BCUT2D eigenvalue weighted by Gasteiger charge is -2.11. The molecule has 214 valence electrons. The van der Waals surface area contributed by atoms with Crippen LogP contribution >= 0.6 is 0 Å². The second-order valence-electron chi connectivity index (χ2n) is 8.85. The van der Waals surface area contributed by atoms with E-state index in [1.807, 2.05) is 6.07 Å². The molecule has 0 saturated carbocycles. The predicted molar refractivity (Wildman–Crippen MR) is 149 cm³/mol. The van der Waals surface area contributed by atoms with Gasteiger partial charge < -0.3 is 19.6 Å². The second kappa shape index (κ2) is 11.4. The van der Waals surface area contributed by atoms with E-state index < -0.39 is 23.1 Å². The van der Waals surface area contributed by atoms with E-state index in [0.29, 0.717) is 11.0 Å². The topological polar surface area (TPSA) is 135 Å². The number of carbonyl (C=O) groups excluding carboxylic acids is 1. The van der Waals surface area contributed by atoms with Crippen molar-refractivity contribution in [1.29, 1.82) is 0 Å². The first-order chi connectivity index (χ1) is 20.9. The van der Waals surface area contributed by atoms with Gasteiger partial charge >= 0.3 is 0 Å². The first-order valence-electron chi connectivity index (χ1n) is 12.5. The van der Waals surface area contributed by atoms with Crippen molar-refractivity contribution in [3.8, 4) is 28.9 Å². The fourth-order valence-corrected chi connectivity index (χ4v) is 4.07. The fraction of sp³-hybridized carbons (Fsp3) is 0.0345. The van der Waals surface area contributed by atoms with Crippen molar-refractivity contribution < 1.29 is 27.9 Å². The third kappa shape index (κ3) is 5.56. The fourth-order valence-electron chi connectivity index (χ4n) is 4.07. The number of nitrogens with one attached hydrogen (secondary N) is 1. The maximum atomic E-state index is 14.9. The lowest BCUT2D eigenvalue weighted by Crippen LogP contribution is -2.28. The zero-order valence-electron chi connectivity index (χ0n) is 22.1. The molecular formula is C29H19F2N7O5. The van der Waals surface area contributed by atoms with Crippen LogP contribution in [0.3, 0.4) is 0 Å². The van der Waals surface area contributed by atoms with Gasteiger partial charge in [-0.25, -0.2) is 13.8 Å². The molecule has 3 aromatic heterocycles. The number of halogens is 2. The maximum Gasteiger partial charge on any atom is 0.268 e. The average Bonchev–Trinajstić information content (AvgIpc) is 3.41. The minimum atomic E-state index is -0.827. The molecule has 0 atom stereocenters. The van der Waals surface area contributed by atoms with Gasteiger partial charge in [0.25, 0.3) is 17.3 Å². The van der Waals surface area contributed by atoms with Crippen LogP contribution in [-0.2, 0) is 0 Å². The number of methoxy groups -OCH3 is 1. The molecule has 0 aliphatic carbocycles. The van der Waals surface area contributed by atoms with E-state index in [0.717, 1.165) is 16.7 Å². The molecule has 0 radical (unpaired) electrons. The van der Waals surface area contributed by atoms with Crippen LogP contribution in [0.4, 0.5) is 14.5 Å². The molecule has 0 spiro atoms. The van der Waals surface area contributed by atoms with Crippen LogP contribution in [0.15, 0.2) is 96.2 Å². The highest BCUT2D eigenvalue weighted by Crippen LogP contribution is 2.27. The van der Waals surface area contributed by atoms with E-state index >= 15 is 0 Å². The number of aromatic nitrogens is 6. The third-order valence-corrected chi connectivity index (χ3v) is 6.13. The Morgan fingerprint density at radius 1 is 0.907 bits per heavy atom. The van der Waals surface area contributed by atoms with E-state index in [2.05, 4.69) is 25.6 Å². The number of nitrogens with zero attached hydrogens (tertiary/aromatic N) is 6. The largest absolute Gasteiger partial charge is 0.497 e. The van der Waals surface area contributed by atoms with Gasteiger partial charge in [0.05, 0.1) is 18.9 Å². The summed E-state index contributed by atoms with van der Waals surface area (Å²) in [7, 11) is 1.39. The Morgan fingerprint density at radius 3 is 2.56 bits per heavy atom. The Hall–Kier alpha value is -6.18. The Balaban J connectivity index is 1.16. The van der Waals surface area contributed by atoms with E-state index in [9.17, 15) is 18.4 Å². The summed E-state index contributed by atoms with van der Waals surface area (Å²) in [5.41, 5.74) is 0.143. The van der Waals surface area contributed by atoms with Gasteiger partial charge in [-0.15, -0.1) is 5.10 Å². The number of para-hydroxylation sites is 1. The van der Waals surface area contributed by atoms with E-state index in [1.54, 1.807) is 18.2 Å². The van der Waals surface area contributed by atoms with Crippen molar-refractivity contribution in [2.24, 2.45) is 0 Å². The molecule has 6 rings (SSSR count). The highest BCUT2D eigenvalue weighted by molar-refractivity contribution is 6.04. The summed E-state index contributed by atoms with van der Waals surface area (Å²) in [6.07, 6.45) is 2.49. The van der Waals surface area contributed by atoms with E-state index in [4.69, 9.17) is 14.3 Å². The first kappa shape index (κ1) is 27.0. The summed E-state index contributed by atoms with van der Waals surface area (Å²) in [5, 5.41) is 10.4. The summed E-state index contributed by atoms with van der Waals surface area (Å²) in [6.45, 7) is 0.